The molecule has 0 radical (unpaired) electrons. The Balaban J connectivity index is 2.07. The summed E-state index contributed by atoms with van der Waals surface area (Å²) >= 11 is 1.39. The van der Waals surface area contributed by atoms with E-state index in [1.165, 1.54) is 17.3 Å². The van der Waals surface area contributed by atoms with Crippen molar-refractivity contribution in [2.75, 3.05) is 5.75 Å². The van der Waals surface area contributed by atoms with Crippen molar-refractivity contribution >= 4 is 17.7 Å². The molecule has 1 aromatic heterocycles. The number of nitrogens with zero attached hydrogens (tertiary/aromatic N) is 3. The Kier molecular flexibility index (Phi) is 5.60. The van der Waals surface area contributed by atoms with Crippen LogP contribution in [-0.4, -0.2) is 32.5 Å². The van der Waals surface area contributed by atoms with Crippen molar-refractivity contribution in [1.82, 2.24) is 20.1 Å². The van der Waals surface area contributed by atoms with Crippen LogP contribution in [0.2, 0.25) is 0 Å². The third-order valence-electron chi connectivity index (χ3n) is 3.14. The molecule has 2 aromatic rings. The van der Waals surface area contributed by atoms with E-state index >= 15 is 0 Å². The van der Waals surface area contributed by atoms with Gasteiger partial charge in [0.15, 0.2) is 5.16 Å². The first-order chi connectivity index (χ1) is 10.5. The van der Waals surface area contributed by atoms with Gasteiger partial charge in [0, 0.05) is 11.7 Å². The first-order valence-corrected chi connectivity index (χ1v) is 8.38. The van der Waals surface area contributed by atoms with Gasteiger partial charge in [0.1, 0.15) is 6.33 Å². The van der Waals surface area contributed by atoms with Gasteiger partial charge in [0.05, 0.1) is 5.75 Å². The van der Waals surface area contributed by atoms with Crippen molar-refractivity contribution in [2.45, 2.75) is 44.8 Å². The van der Waals surface area contributed by atoms with E-state index in [2.05, 4.69) is 53.6 Å². The van der Waals surface area contributed by atoms with E-state index in [4.69, 9.17) is 0 Å². The Morgan fingerprint density at radius 1 is 1.23 bits per heavy atom. The smallest absolute Gasteiger partial charge is 0.230 e. The molecule has 0 spiro atoms. The highest BCUT2D eigenvalue weighted by Gasteiger charge is 2.11. The predicted octanol–water partition coefficient (Wildman–Crippen LogP) is 3.01. The van der Waals surface area contributed by atoms with Crippen LogP contribution in [0.1, 0.15) is 39.2 Å². The van der Waals surface area contributed by atoms with Crippen molar-refractivity contribution in [1.29, 1.82) is 0 Å². The molecule has 0 bridgehead atoms. The summed E-state index contributed by atoms with van der Waals surface area (Å²) in [4.78, 5) is 11.7. The standard InChI is InChI=1S/C16H22N4OS/c1-11(2)13-5-7-14(8-6-13)20-10-17-19-16(20)22-9-15(21)18-12(3)4/h5-8,10-12H,9H2,1-4H3,(H,18,21). The summed E-state index contributed by atoms with van der Waals surface area (Å²) < 4.78 is 1.90. The average molecular weight is 318 g/mol. The van der Waals surface area contributed by atoms with E-state index in [1.807, 2.05) is 18.4 Å². The molecule has 0 saturated heterocycles. The van der Waals surface area contributed by atoms with Crippen molar-refractivity contribution in [2.24, 2.45) is 0 Å². The molecule has 1 aromatic carbocycles. The van der Waals surface area contributed by atoms with Crippen LogP contribution in [0.25, 0.3) is 5.69 Å². The second-order valence-corrected chi connectivity index (χ2v) is 6.68. The molecule has 118 valence electrons. The van der Waals surface area contributed by atoms with E-state index in [-0.39, 0.29) is 11.9 Å². The summed E-state index contributed by atoms with van der Waals surface area (Å²) in [6.07, 6.45) is 1.67. The molecule has 0 aliphatic carbocycles. The van der Waals surface area contributed by atoms with Crippen LogP contribution in [0.15, 0.2) is 35.7 Å². The largest absolute Gasteiger partial charge is 0.353 e. The third-order valence-corrected chi connectivity index (χ3v) is 4.08. The normalized spacial score (nSPS) is 11.2. The van der Waals surface area contributed by atoms with Gasteiger partial charge in [-0.15, -0.1) is 10.2 Å². The van der Waals surface area contributed by atoms with E-state index in [0.29, 0.717) is 11.7 Å². The lowest BCUT2D eigenvalue weighted by Gasteiger charge is -2.10. The van der Waals surface area contributed by atoms with Gasteiger partial charge in [-0.25, -0.2) is 0 Å². The van der Waals surface area contributed by atoms with E-state index in [0.717, 1.165) is 10.8 Å². The first-order valence-electron chi connectivity index (χ1n) is 7.40. The summed E-state index contributed by atoms with van der Waals surface area (Å²) in [5.41, 5.74) is 2.29. The van der Waals surface area contributed by atoms with Gasteiger partial charge in [-0.1, -0.05) is 37.7 Å². The van der Waals surface area contributed by atoms with Crippen LogP contribution in [0.3, 0.4) is 0 Å². The zero-order chi connectivity index (χ0) is 16.1. The van der Waals surface area contributed by atoms with Crippen molar-refractivity contribution in [3.05, 3.63) is 36.2 Å². The molecular weight excluding hydrogens is 296 g/mol. The highest BCUT2D eigenvalue weighted by Crippen LogP contribution is 2.21. The number of hydrogen-bond donors (Lipinski definition) is 1. The lowest BCUT2D eigenvalue weighted by atomic mass is 10.0. The maximum Gasteiger partial charge on any atom is 0.230 e. The maximum absolute atomic E-state index is 11.7. The number of amides is 1. The maximum atomic E-state index is 11.7. The van der Waals surface area contributed by atoms with Gasteiger partial charge < -0.3 is 5.32 Å². The van der Waals surface area contributed by atoms with Crippen LogP contribution in [0.5, 0.6) is 0 Å². The number of thioether (sulfide) groups is 1. The molecule has 0 aliphatic heterocycles. The van der Waals surface area contributed by atoms with Gasteiger partial charge in [-0.2, -0.15) is 0 Å². The molecule has 0 aliphatic rings. The Labute approximate surface area is 135 Å². The molecule has 2 rings (SSSR count). The van der Waals surface area contributed by atoms with Crippen molar-refractivity contribution < 1.29 is 4.79 Å². The van der Waals surface area contributed by atoms with Crippen LogP contribution in [-0.2, 0) is 4.79 Å². The zero-order valence-corrected chi connectivity index (χ0v) is 14.2. The molecule has 6 heteroatoms. The van der Waals surface area contributed by atoms with Crippen LogP contribution >= 0.6 is 11.8 Å². The molecular formula is C16H22N4OS. The fraction of sp³-hybridized carbons (Fsp3) is 0.438. The van der Waals surface area contributed by atoms with Crippen molar-refractivity contribution in [3.63, 3.8) is 0 Å². The number of aromatic nitrogens is 3. The average Bonchev–Trinajstić information content (AvgIpc) is 2.93. The monoisotopic (exact) mass is 318 g/mol. The second kappa shape index (κ2) is 7.45. The summed E-state index contributed by atoms with van der Waals surface area (Å²) in [6, 6.07) is 8.47. The van der Waals surface area contributed by atoms with E-state index in [1.54, 1.807) is 6.33 Å². The van der Waals surface area contributed by atoms with Gasteiger partial charge >= 0.3 is 0 Å². The van der Waals surface area contributed by atoms with Crippen LogP contribution < -0.4 is 5.32 Å². The zero-order valence-electron chi connectivity index (χ0n) is 13.4. The van der Waals surface area contributed by atoms with Crippen LogP contribution in [0.4, 0.5) is 0 Å². The fourth-order valence-corrected chi connectivity index (χ4v) is 2.75. The molecule has 5 nitrogen and oxygen atoms in total. The lowest BCUT2D eigenvalue weighted by Crippen LogP contribution is -2.31. The third kappa shape index (κ3) is 4.34. The van der Waals surface area contributed by atoms with Gasteiger partial charge in [-0.3, -0.25) is 9.36 Å². The Hall–Kier alpha value is -1.82. The number of carbonyl (C=O) groups excluding carboxylic acids is 1. The molecule has 0 fully saturated rings. The molecule has 0 unspecified atom stereocenters. The summed E-state index contributed by atoms with van der Waals surface area (Å²) in [7, 11) is 0. The molecule has 22 heavy (non-hydrogen) atoms. The minimum Gasteiger partial charge on any atom is -0.353 e. The van der Waals surface area contributed by atoms with Gasteiger partial charge in [-0.05, 0) is 37.5 Å². The molecule has 1 N–H and O–H groups in total. The number of hydrogen-bond acceptors (Lipinski definition) is 4. The number of rotatable bonds is 6. The summed E-state index contributed by atoms with van der Waals surface area (Å²) in [5.74, 6) is 0.842. The molecule has 0 atom stereocenters. The van der Waals surface area contributed by atoms with Crippen LogP contribution in [0, 0.1) is 0 Å². The van der Waals surface area contributed by atoms with Gasteiger partial charge in [0.25, 0.3) is 0 Å². The molecule has 1 heterocycles. The minimum absolute atomic E-state index is 0.00436. The second-order valence-electron chi connectivity index (χ2n) is 5.74. The quantitative estimate of drug-likeness (QED) is 0.832. The molecule has 1 amide bonds. The van der Waals surface area contributed by atoms with Gasteiger partial charge in [0.2, 0.25) is 5.91 Å². The highest BCUT2D eigenvalue weighted by molar-refractivity contribution is 7.99. The number of benzene rings is 1. The fourth-order valence-electron chi connectivity index (χ4n) is 2.01. The number of nitrogens with one attached hydrogen (secondary N) is 1. The van der Waals surface area contributed by atoms with Crippen molar-refractivity contribution in [3.8, 4) is 5.69 Å². The number of carbonyl (C=O) groups is 1. The first kappa shape index (κ1) is 16.5. The summed E-state index contributed by atoms with van der Waals surface area (Å²) in [5, 5.41) is 11.6. The Morgan fingerprint density at radius 2 is 1.91 bits per heavy atom. The topological polar surface area (TPSA) is 59.8 Å². The lowest BCUT2D eigenvalue weighted by molar-refractivity contribution is -0.119. The highest BCUT2D eigenvalue weighted by atomic mass is 32.2. The Bertz CT molecular complexity index is 619. The predicted molar refractivity (Wildman–Crippen MR) is 89.5 cm³/mol. The molecule has 0 saturated carbocycles. The summed E-state index contributed by atoms with van der Waals surface area (Å²) in [6.45, 7) is 8.23. The van der Waals surface area contributed by atoms with E-state index < -0.39 is 0 Å². The van der Waals surface area contributed by atoms with E-state index in [9.17, 15) is 4.79 Å². The Morgan fingerprint density at radius 3 is 2.50 bits per heavy atom. The SMILES string of the molecule is CC(C)NC(=O)CSc1nncn1-c1ccc(C(C)C)cc1. The minimum atomic E-state index is 0.00436.